The van der Waals surface area contributed by atoms with E-state index in [4.69, 9.17) is 4.42 Å². The Kier molecular flexibility index (Phi) is 7.85. The van der Waals surface area contributed by atoms with E-state index in [0.29, 0.717) is 0 Å². The molecule has 254 valence electrons. The van der Waals surface area contributed by atoms with Crippen LogP contribution in [0.25, 0.3) is 77.2 Å². The molecule has 0 unspecified atom stereocenters. The minimum absolute atomic E-state index is 0.884. The van der Waals surface area contributed by atoms with Crippen molar-refractivity contribution in [3.63, 3.8) is 0 Å². The van der Waals surface area contributed by atoms with Gasteiger partial charge in [-0.05, 0) is 110 Å². The van der Waals surface area contributed by atoms with Gasteiger partial charge in [-0.25, -0.2) is 0 Å². The van der Waals surface area contributed by atoms with Gasteiger partial charge >= 0.3 is 0 Å². The summed E-state index contributed by atoms with van der Waals surface area (Å²) in [6, 6.07) is 76.0. The quantitative estimate of drug-likeness (QED) is 0.166. The fraction of sp³-hybridized carbons (Fsp3) is 0. The second kappa shape index (κ2) is 13.4. The van der Waals surface area contributed by atoms with Gasteiger partial charge in [-0.3, -0.25) is 0 Å². The average molecular weight is 690 g/mol. The van der Waals surface area contributed by atoms with Crippen LogP contribution < -0.4 is 4.90 Å². The van der Waals surface area contributed by atoms with Crippen molar-refractivity contribution in [2.45, 2.75) is 0 Å². The molecule has 0 aliphatic carbocycles. The van der Waals surface area contributed by atoms with Crippen LogP contribution in [0.1, 0.15) is 0 Å². The molecule has 0 saturated carbocycles. The average Bonchev–Trinajstić information content (AvgIpc) is 3.63. The van der Waals surface area contributed by atoms with Crippen LogP contribution >= 0.6 is 0 Å². The number of hydrogen-bond donors (Lipinski definition) is 0. The van der Waals surface area contributed by atoms with Crippen LogP contribution in [0.2, 0.25) is 0 Å². The maximum absolute atomic E-state index is 6.22. The fourth-order valence-corrected chi connectivity index (χ4v) is 7.74. The van der Waals surface area contributed by atoms with Crippen LogP contribution in [-0.4, -0.2) is 0 Å². The van der Waals surface area contributed by atoms with Crippen molar-refractivity contribution in [2.24, 2.45) is 0 Å². The Balaban J connectivity index is 1.03. The molecule has 2 nitrogen and oxygen atoms in total. The van der Waals surface area contributed by atoms with E-state index in [1.807, 2.05) is 12.1 Å². The molecule has 0 amide bonds. The number of anilines is 3. The topological polar surface area (TPSA) is 16.4 Å². The Morgan fingerprint density at radius 3 is 1.63 bits per heavy atom. The highest BCUT2D eigenvalue weighted by molar-refractivity contribution is 6.07. The first kappa shape index (κ1) is 31.6. The second-order valence-electron chi connectivity index (χ2n) is 13.8. The molecule has 1 aromatic heterocycles. The van der Waals surface area contributed by atoms with E-state index < -0.39 is 0 Å². The maximum atomic E-state index is 6.22. The largest absolute Gasteiger partial charge is 0.456 e. The molecule has 10 rings (SSSR count). The SMILES string of the molecule is c1ccc(-c2ccccc2N(c2ccc(-c3cccc(-c4cccc(-c5ccc6ccccc6c5)c4)c3)cc2)c2ccc3oc4ccccc4c3c2)cc1. The van der Waals surface area contributed by atoms with Crippen LogP contribution in [0.15, 0.2) is 217 Å². The molecule has 10 aromatic rings. The van der Waals surface area contributed by atoms with Crippen molar-refractivity contribution >= 4 is 49.8 Å². The number of hydrogen-bond acceptors (Lipinski definition) is 2. The zero-order chi connectivity index (χ0) is 35.8. The van der Waals surface area contributed by atoms with Crippen molar-refractivity contribution in [2.75, 3.05) is 4.90 Å². The van der Waals surface area contributed by atoms with Crippen LogP contribution in [0, 0.1) is 0 Å². The van der Waals surface area contributed by atoms with E-state index in [1.54, 1.807) is 0 Å². The van der Waals surface area contributed by atoms with E-state index in [2.05, 4.69) is 205 Å². The normalized spacial score (nSPS) is 11.3. The highest BCUT2D eigenvalue weighted by atomic mass is 16.3. The van der Waals surface area contributed by atoms with Gasteiger partial charge in [-0.15, -0.1) is 0 Å². The van der Waals surface area contributed by atoms with Gasteiger partial charge in [0.05, 0.1) is 5.69 Å². The first-order valence-electron chi connectivity index (χ1n) is 18.4. The zero-order valence-corrected chi connectivity index (χ0v) is 29.6. The smallest absolute Gasteiger partial charge is 0.135 e. The van der Waals surface area contributed by atoms with E-state index >= 15 is 0 Å². The Labute approximate surface area is 314 Å². The summed E-state index contributed by atoms with van der Waals surface area (Å²) in [5.41, 5.74) is 14.5. The number of furan rings is 1. The Morgan fingerprint density at radius 2 is 0.852 bits per heavy atom. The molecule has 0 saturated heterocycles. The standard InChI is InChI=1S/C52H35NO/c1-2-13-38(14-3-1)47-20-6-8-22-50(47)53(46-30-31-52-49(35-46)48-21-7-9-23-51(48)54-52)45-28-26-37(27-29-45)40-16-10-17-41(32-40)42-18-11-19-43(34-42)44-25-24-36-12-4-5-15-39(36)33-44/h1-35H. The number of benzene rings is 9. The summed E-state index contributed by atoms with van der Waals surface area (Å²) in [6.07, 6.45) is 0. The van der Waals surface area contributed by atoms with E-state index in [-0.39, 0.29) is 0 Å². The van der Waals surface area contributed by atoms with Crippen LogP contribution in [0.3, 0.4) is 0 Å². The summed E-state index contributed by atoms with van der Waals surface area (Å²) in [4.78, 5) is 2.36. The number of fused-ring (bicyclic) bond motifs is 4. The summed E-state index contributed by atoms with van der Waals surface area (Å²) in [5, 5.41) is 4.72. The lowest BCUT2D eigenvalue weighted by molar-refractivity contribution is 0.669. The third-order valence-electron chi connectivity index (χ3n) is 10.4. The van der Waals surface area contributed by atoms with Gasteiger partial charge in [0.2, 0.25) is 0 Å². The van der Waals surface area contributed by atoms with Gasteiger partial charge < -0.3 is 9.32 Å². The van der Waals surface area contributed by atoms with Gasteiger partial charge in [0, 0.05) is 27.7 Å². The highest BCUT2D eigenvalue weighted by Gasteiger charge is 2.19. The lowest BCUT2D eigenvalue weighted by Crippen LogP contribution is -2.11. The van der Waals surface area contributed by atoms with Crippen molar-refractivity contribution < 1.29 is 4.42 Å². The molecule has 0 fully saturated rings. The first-order valence-corrected chi connectivity index (χ1v) is 18.4. The molecule has 9 aromatic carbocycles. The van der Waals surface area contributed by atoms with Crippen molar-refractivity contribution in [3.05, 3.63) is 212 Å². The molecular formula is C52H35NO. The van der Waals surface area contributed by atoms with Crippen molar-refractivity contribution in [3.8, 4) is 44.5 Å². The predicted molar refractivity (Wildman–Crippen MR) is 228 cm³/mol. The van der Waals surface area contributed by atoms with Gasteiger partial charge in [0.15, 0.2) is 0 Å². The van der Waals surface area contributed by atoms with Crippen molar-refractivity contribution in [1.82, 2.24) is 0 Å². The summed E-state index contributed by atoms with van der Waals surface area (Å²) < 4.78 is 6.22. The summed E-state index contributed by atoms with van der Waals surface area (Å²) >= 11 is 0. The van der Waals surface area contributed by atoms with Gasteiger partial charge in [-0.2, -0.15) is 0 Å². The lowest BCUT2D eigenvalue weighted by Gasteiger charge is -2.28. The molecule has 0 radical (unpaired) electrons. The van der Waals surface area contributed by atoms with E-state index in [0.717, 1.165) is 44.6 Å². The molecule has 2 heteroatoms. The molecule has 0 spiro atoms. The monoisotopic (exact) mass is 689 g/mol. The molecular weight excluding hydrogens is 655 g/mol. The number of rotatable bonds is 7. The minimum Gasteiger partial charge on any atom is -0.456 e. The lowest BCUT2D eigenvalue weighted by atomic mass is 9.95. The van der Waals surface area contributed by atoms with E-state index in [9.17, 15) is 0 Å². The van der Waals surface area contributed by atoms with Crippen molar-refractivity contribution in [1.29, 1.82) is 0 Å². The minimum atomic E-state index is 0.884. The molecule has 0 atom stereocenters. The summed E-state index contributed by atoms with van der Waals surface area (Å²) in [6.45, 7) is 0. The summed E-state index contributed by atoms with van der Waals surface area (Å²) in [7, 11) is 0. The number of nitrogens with zero attached hydrogens (tertiary/aromatic N) is 1. The van der Waals surface area contributed by atoms with Crippen LogP contribution in [-0.2, 0) is 0 Å². The molecule has 1 heterocycles. The second-order valence-corrected chi connectivity index (χ2v) is 13.8. The highest BCUT2D eigenvalue weighted by Crippen LogP contribution is 2.43. The van der Waals surface area contributed by atoms with E-state index in [1.165, 1.54) is 49.7 Å². The fourth-order valence-electron chi connectivity index (χ4n) is 7.74. The summed E-state index contributed by atoms with van der Waals surface area (Å²) in [5.74, 6) is 0. The third-order valence-corrected chi connectivity index (χ3v) is 10.4. The van der Waals surface area contributed by atoms with Gasteiger partial charge in [0.1, 0.15) is 11.2 Å². The Bertz CT molecular complexity index is 2940. The first-order chi connectivity index (χ1) is 26.7. The van der Waals surface area contributed by atoms with Gasteiger partial charge in [-0.1, -0.05) is 152 Å². The molecule has 0 aliphatic heterocycles. The molecule has 0 bridgehead atoms. The Hall–Kier alpha value is -7.16. The van der Waals surface area contributed by atoms with Crippen LogP contribution in [0.4, 0.5) is 17.1 Å². The maximum Gasteiger partial charge on any atom is 0.135 e. The van der Waals surface area contributed by atoms with Crippen LogP contribution in [0.5, 0.6) is 0 Å². The zero-order valence-electron chi connectivity index (χ0n) is 29.6. The predicted octanol–water partition coefficient (Wildman–Crippen LogP) is 14.9. The molecule has 0 N–H and O–H groups in total. The molecule has 0 aliphatic rings. The number of para-hydroxylation sites is 2. The molecule has 54 heavy (non-hydrogen) atoms. The third kappa shape index (κ3) is 5.81. The Morgan fingerprint density at radius 1 is 0.296 bits per heavy atom. The van der Waals surface area contributed by atoms with Gasteiger partial charge in [0.25, 0.3) is 0 Å².